The van der Waals surface area contributed by atoms with Crippen molar-refractivity contribution in [3.05, 3.63) is 58.2 Å². The molecule has 0 atom stereocenters. The Labute approximate surface area is 126 Å². The first-order chi connectivity index (χ1) is 9.84. The molecular formula is C15H15N3S2. The lowest BCUT2D eigenvalue weighted by Gasteiger charge is -2.05. The Morgan fingerprint density at radius 1 is 1.15 bits per heavy atom. The van der Waals surface area contributed by atoms with Crippen molar-refractivity contribution in [2.75, 3.05) is 0 Å². The molecule has 0 spiro atoms. The number of nitrogens with zero attached hydrogens (tertiary/aromatic N) is 2. The van der Waals surface area contributed by atoms with Crippen molar-refractivity contribution < 1.29 is 0 Å². The Kier molecular flexibility index (Phi) is 4.08. The van der Waals surface area contributed by atoms with Crippen LogP contribution < -0.4 is 0 Å². The molecule has 2 aromatic heterocycles. The van der Waals surface area contributed by atoms with Crippen LogP contribution in [0, 0.1) is 4.77 Å². The Bertz CT molecular complexity index is 711. The number of aryl methyl sites for hydroxylation is 1. The number of aromatic amines is 1. The minimum Gasteiger partial charge on any atom is -0.299 e. The van der Waals surface area contributed by atoms with E-state index in [1.165, 1.54) is 5.56 Å². The molecule has 1 aromatic carbocycles. The molecular weight excluding hydrogens is 286 g/mol. The molecule has 0 saturated heterocycles. The second kappa shape index (κ2) is 6.15. The molecule has 0 unspecified atom stereocenters. The zero-order chi connectivity index (χ0) is 13.8. The van der Waals surface area contributed by atoms with Gasteiger partial charge in [0, 0.05) is 6.54 Å². The number of hydrogen-bond acceptors (Lipinski definition) is 3. The standard InChI is InChI=1S/C15H15N3S2/c19-15-17-16-14(13-9-5-11-20-13)18(15)10-4-8-12-6-2-1-3-7-12/h1-3,5-7,9,11H,4,8,10H2,(H,17,19). The van der Waals surface area contributed by atoms with Crippen LogP contribution in [0.2, 0.25) is 0 Å². The largest absolute Gasteiger partial charge is 0.299 e. The monoisotopic (exact) mass is 301 g/mol. The van der Waals surface area contributed by atoms with E-state index in [-0.39, 0.29) is 0 Å². The van der Waals surface area contributed by atoms with Crippen LogP contribution in [0.1, 0.15) is 12.0 Å². The van der Waals surface area contributed by atoms with Crippen LogP contribution in [-0.4, -0.2) is 14.8 Å². The van der Waals surface area contributed by atoms with Crippen LogP contribution in [-0.2, 0) is 13.0 Å². The average Bonchev–Trinajstić information content (AvgIpc) is 3.11. The van der Waals surface area contributed by atoms with Crippen LogP contribution >= 0.6 is 23.6 Å². The molecule has 0 bridgehead atoms. The van der Waals surface area contributed by atoms with Gasteiger partial charge in [0.05, 0.1) is 4.88 Å². The number of benzene rings is 1. The van der Waals surface area contributed by atoms with Gasteiger partial charge in [-0.25, -0.2) is 0 Å². The first-order valence-corrected chi connectivity index (χ1v) is 7.86. The fraction of sp³-hybridized carbons (Fsp3) is 0.200. The molecule has 0 radical (unpaired) electrons. The van der Waals surface area contributed by atoms with Crippen LogP contribution in [0.4, 0.5) is 0 Å². The maximum atomic E-state index is 5.33. The third kappa shape index (κ3) is 2.89. The molecule has 0 aliphatic rings. The lowest BCUT2D eigenvalue weighted by Crippen LogP contribution is -2.01. The lowest BCUT2D eigenvalue weighted by molar-refractivity contribution is 0.640. The fourth-order valence-electron chi connectivity index (χ4n) is 2.20. The van der Waals surface area contributed by atoms with Crippen LogP contribution in [0.15, 0.2) is 47.8 Å². The summed E-state index contributed by atoms with van der Waals surface area (Å²) in [6.07, 6.45) is 2.11. The predicted octanol–water partition coefficient (Wildman–Crippen LogP) is 4.30. The number of aromatic nitrogens is 3. The smallest absolute Gasteiger partial charge is 0.195 e. The second-order valence-electron chi connectivity index (χ2n) is 4.57. The van der Waals surface area contributed by atoms with E-state index in [2.05, 4.69) is 50.5 Å². The van der Waals surface area contributed by atoms with E-state index in [4.69, 9.17) is 12.2 Å². The average molecular weight is 301 g/mol. The second-order valence-corrected chi connectivity index (χ2v) is 5.90. The van der Waals surface area contributed by atoms with Crippen molar-refractivity contribution in [1.82, 2.24) is 14.8 Å². The molecule has 102 valence electrons. The van der Waals surface area contributed by atoms with Gasteiger partial charge in [-0.05, 0) is 42.1 Å². The molecule has 3 aromatic rings. The van der Waals surface area contributed by atoms with Gasteiger partial charge in [0.15, 0.2) is 10.6 Å². The van der Waals surface area contributed by atoms with Gasteiger partial charge in [-0.15, -0.1) is 11.3 Å². The summed E-state index contributed by atoms with van der Waals surface area (Å²) < 4.78 is 2.78. The lowest BCUT2D eigenvalue weighted by atomic mass is 10.1. The van der Waals surface area contributed by atoms with E-state index in [9.17, 15) is 0 Å². The van der Waals surface area contributed by atoms with Gasteiger partial charge in [0.2, 0.25) is 0 Å². The number of hydrogen-bond donors (Lipinski definition) is 1. The maximum absolute atomic E-state index is 5.33. The van der Waals surface area contributed by atoms with Crippen molar-refractivity contribution in [2.24, 2.45) is 0 Å². The van der Waals surface area contributed by atoms with Crippen LogP contribution in [0.25, 0.3) is 10.7 Å². The van der Waals surface area contributed by atoms with E-state index in [1.807, 2.05) is 12.1 Å². The molecule has 2 heterocycles. The Morgan fingerprint density at radius 2 is 2.00 bits per heavy atom. The highest BCUT2D eigenvalue weighted by Gasteiger charge is 2.09. The van der Waals surface area contributed by atoms with Gasteiger partial charge in [0.1, 0.15) is 0 Å². The molecule has 3 rings (SSSR count). The zero-order valence-electron chi connectivity index (χ0n) is 11.0. The maximum Gasteiger partial charge on any atom is 0.195 e. The number of thiophene rings is 1. The first-order valence-electron chi connectivity index (χ1n) is 6.57. The molecule has 0 fully saturated rings. The van der Waals surface area contributed by atoms with Crippen molar-refractivity contribution >= 4 is 23.6 Å². The van der Waals surface area contributed by atoms with Gasteiger partial charge in [-0.3, -0.25) is 9.67 Å². The Morgan fingerprint density at radius 3 is 2.75 bits per heavy atom. The van der Waals surface area contributed by atoms with Gasteiger partial charge < -0.3 is 0 Å². The minimum atomic E-state index is 0.696. The first kappa shape index (κ1) is 13.3. The van der Waals surface area contributed by atoms with E-state index in [1.54, 1.807) is 11.3 Å². The van der Waals surface area contributed by atoms with Gasteiger partial charge in [0.25, 0.3) is 0 Å². The molecule has 3 nitrogen and oxygen atoms in total. The van der Waals surface area contributed by atoms with Crippen LogP contribution in [0.3, 0.4) is 0 Å². The van der Waals surface area contributed by atoms with Gasteiger partial charge >= 0.3 is 0 Å². The van der Waals surface area contributed by atoms with E-state index in [0.717, 1.165) is 30.1 Å². The minimum absolute atomic E-state index is 0.696. The zero-order valence-corrected chi connectivity index (χ0v) is 12.6. The van der Waals surface area contributed by atoms with Crippen molar-refractivity contribution in [3.63, 3.8) is 0 Å². The fourth-order valence-corrected chi connectivity index (χ4v) is 3.15. The normalized spacial score (nSPS) is 10.8. The van der Waals surface area contributed by atoms with E-state index in [0.29, 0.717) is 4.77 Å². The topological polar surface area (TPSA) is 33.6 Å². The van der Waals surface area contributed by atoms with Gasteiger partial charge in [-0.2, -0.15) is 5.10 Å². The molecule has 20 heavy (non-hydrogen) atoms. The van der Waals surface area contributed by atoms with Crippen molar-refractivity contribution in [2.45, 2.75) is 19.4 Å². The molecule has 5 heteroatoms. The molecule has 0 aliphatic heterocycles. The predicted molar refractivity (Wildman–Crippen MR) is 85.5 cm³/mol. The molecule has 0 saturated carbocycles. The van der Waals surface area contributed by atoms with E-state index >= 15 is 0 Å². The summed E-state index contributed by atoms with van der Waals surface area (Å²) in [5.41, 5.74) is 1.36. The summed E-state index contributed by atoms with van der Waals surface area (Å²) in [6, 6.07) is 14.6. The Hall–Kier alpha value is -1.72. The summed E-state index contributed by atoms with van der Waals surface area (Å²) >= 11 is 7.01. The van der Waals surface area contributed by atoms with E-state index < -0.39 is 0 Å². The van der Waals surface area contributed by atoms with Crippen molar-refractivity contribution in [1.29, 1.82) is 0 Å². The summed E-state index contributed by atoms with van der Waals surface area (Å²) in [6.45, 7) is 0.886. The molecule has 0 aliphatic carbocycles. The summed E-state index contributed by atoms with van der Waals surface area (Å²) in [7, 11) is 0. The number of H-pyrrole nitrogens is 1. The highest BCUT2D eigenvalue weighted by molar-refractivity contribution is 7.71. The number of rotatable bonds is 5. The quantitative estimate of drug-likeness (QED) is 0.713. The summed E-state index contributed by atoms with van der Waals surface area (Å²) in [5.74, 6) is 0.943. The third-order valence-corrected chi connectivity index (χ3v) is 4.37. The van der Waals surface area contributed by atoms with Crippen molar-refractivity contribution in [3.8, 4) is 10.7 Å². The summed E-state index contributed by atoms with van der Waals surface area (Å²) in [5, 5.41) is 9.29. The third-order valence-electron chi connectivity index (χ3n) is 3.19. The number of nitrogens with one attached hydrogen (secondary N) is 1. The Balaban J connectivity index is 1.72. The van der Waals surface area contributed by atoms with Crippen LogP contribution in [0.5, 0.6) is 0 Å². The summed E-state index contributed by atoms with van der Waals surface area (Å²) in [4.78, 5) is 1.15. The SMILES string of the molecule is S=c1[nH]nc(-c2cccs2)n1CCCc1ccccc1. The highest BCUT2D eigenvalue weighted by Crippen LogP contribution is 2.23. The van der Waals surface area contributed by atoms with Gasteiger partial charge in [-0.1, -0.05) is 36.4 Å². The highest BCUT2D eigenvalue weighted by atomic mass is 32.1. The molecule has 0 amide bonds. The molecule has 1 N–H and O–H groups in total.